The summed E-state index contributed by atoms with van der Waals surface area (Å²) in [4.78, 5) is 21.1. The third kappa shape index (κ3) is 4.45. The molecule has 68 valence electrons. The molecule has 0 atom stereocenters. The van der Waals surface area contributed by atoms with Gasteiger partial charge in [-0.1, -0.05) is 6.58 Å². The molecule has 0 aliphatic rings. The van der Waals surface area contributed by atoms with Crippen molar-refractivity contribution in [2.75, 3.05) is 14.1 Å². The first-order chi connectivity index (χ1) is 5.43. The first kappa shape index (κ1) is 10.6. The number of hydrazine groups is 1. The molecule has 0 bridgehead atoms. The van der Waals surface area contributed by atoms with Crippen LogP contribution in [0.15, 0.2) is 12.2 Å². The normalized spacial score (nSPS) is 9.58. The Morgan fingerprint density at radius 2 is 2.00 bits per heavy atom. The highest BCUT2D eigenvalue weighted by molar-refractivity contribution is 5.93. The number of hydrogen-bond acceptors (Lipinski definition) is 3. The molecule has 0 saturated carbocycles. The van der Waals surface area contributed by atoms with Crippen LogP contribution >= 0.6 is 0 Å². The summed E-state index contributed by atoms with van der Waals surface area (Å²) in [6.07, 6.45) is -0.187. The lowest BCUT2D eigenvalue weighted by Gasteiger charge is -2.11. The predicted molar refractivity (Wildman–Crippen MR) is 43.2 cm³/mol. The monoisotopic (exact) mass is 172 g/mol. The zero-order valence-electron chi connectivity index (χ0n) is 7.13. The minimum absolute atomic E-state index is 0.116. The highest BCUT2D eigenvalue weighted by Gasteiger charge is 2.09. The maximum absolute atomic E-state index is 10.9. The molecule has 0 unspecified atom stereocenters. The maximum Gasteiger partial charge on any atom is 0.331 e. The van der Waals surface area contributed by atoms with Crippen LogP contribution in [-0.2, 0) is 9.59 Å². The summed E-state index contributed by atoms with van der Waals surface area (Å²) in [6, 6.07) is 0. The third-order valence-electron chi connectivity index (χ3n) is 1.02. The molecule has 0 aliphatic heterocycles. The van der Waals surface area contributed by atoms with E-state index in [1.165, 1.54) is 5.01 Å². The lowest BCUT2D eigenvalue weighted by molar-refractivity contribution is -0.134. The molecule has 0 rings (SSSR count). The minimum atomic E-state index is -1.15. The van der Waals surface area contributed by atoms with Crippen LogP contribution in [-0.4, -0.2) is 36.1 Å². The summed E-state index contributed by atoms with van der Waals surface area (Å²) in [5, 5.41) is 9.81. The van der Waals surface area contributed by atoms with Crippen molar-refractivity contribution in [3.8, 4) is 0 Å². The quantitative estimate of drug-likeness (QED) is 0.447. The van der Waals surface area contributed by atoms with Gasteiger partial charge in [0.15, 0.2) is 0 Å². The Labute approximate surface area is 70.6 Å². The number of carboxylic acid groups (broad SMARTS) is 1. The fraction of sp³-hybridized carbons (Fsp3) is 0.429. The first-order valence-electron chi connectivity index (χ1n) is 3.31. The van der Waals surface area contributed by atoms with E-state index >= 15 is 0 Å². The van der Waals surface area contributed by atoms with Gasteiger partial charge in [0.05, 0.1) is 6.42 Å². The van der Waals surface area contributed by atoms with Crippen molar-refractivity contribution >= 4 is 11.9 Å². The predicted octanol–water partition coefficient (Wildman–Crippen LogP) is -0.390. The van der Waals surface area contributed by atoms with Gasteiger partial charge in [-0.15, -0.1) is 0 Å². The Morgan fingerprint density at radius 1 is 1.50 bits per heavy atom. The van der Waals surface area contributed by atoms with Crippen molar-refractivity contribution in [2.45, 2.75) is 6.42 Å². The van der Waals surface area contributed by atoms with Crippen LogP contribution in [0.3, 0.4) is 0 Å². The molecular weight excluding hydrogens is 160 g/mol. The van der Waals surface area contributed by atoms with Crippen molar-refractivity contribution in [1.29, 1.82) is 0 Å². The smallest absolute Gasteiger partial charge is 0.331 e. The molecular formula is C7H12N2O3. The van der Waals surface area contributed by atoms with E-state index in [0.29, 0.717) is 0 Å². The number of rotatable bonds is 4. The summed E-state index contributed by atoms with van der Waals surface area (Å²) >= 11 is 0. The van der Waals surface area contributed by atoms with Crippen LogP contribution < -0.4 is 5.43 Å². The average Bonchev–Trinajstić information content (AvgIpc) is 1.84. The molecule has 0 aromatic carbocycles. The Morgan fingerprint density at radius 3 is 2.33 bits per heavy atom. The topological polar surface area (TPSA) is 69.6 Å². The van der Waals surface area contributed by atoms with Gasteiger partial charge >= 0.3 is 5.97 Å². The number of nitrogens with one attached hydrogen (secondary N) is 1. The number of carbonyl (C=O) groups is 2. The van der Waals surface area contributed by atoms with Gasteiger partial charge in [0.25, 0.3) is 0 Å². The molecule has 0 aromatic rings. The van der Waals surface area contributed by atoms with Crippen LogP contribution in [0.1, 0.15) is 6.42 Å². The fourth-order valence-corrected chi connectivity index (χ4v) is 0.558. The molecule has 0 fully saturated rings. The van der Waals surface area contributed by atoms with E-state index in [4.69, 9.17) is 5.11 Å². The Hall–Kier alpha value is -1.36. The van der Waals surface area contributed by atoms with Gasteiger partial charge in [0.1, 0.15) is 0 Å². The summed E-state index contributed by atoms with van der Waals surface area (Å²) in [5.74, 6) is -1.53. The molecule has 1 amide bonds. The van der Waals surface area contributed by atoms with E-state index in [2.05, 4.69) is 12.0 Å². The fourth-order valence-electron chi connectivity index (χ4n) is 0.558. The SMILES string of the molecule is C=C(CC(=O)NN(C)C)C(=O)O. The Kier molecular flexibility index (Phi) is 3.99. The number of amides is 1. The lowest BCUT2D eigenvalue weighted by Crippen LogP contribution is -2.36. The van der Waals surface area contributed by atoms with Crippen molar-refractivity contribution in [3.63, 3.8) is 0 Å². The number of nitrogens with zero attached hydrogens (tertiary/aromatic N) is 1. The summed E-state index contributed by atoms with van der Waals surface area (Å²) < 4.78 is 0. The van der Waals surface area contributed by atoms with Crippen LogP contribution in [0.2, 0.25) is 0 Å². The highest BCUT2D eigenvalue weighted by Crippen LogP contribution is 1.96. The molecule has 5 heteroatoms. The number of hydrogen-bond donors (Lipinski definition) is 2. The van der Waals surface area contributed by atoms with E-state index in [9.17, 15) is 9.59 Å². The number of carboxylic acids is 1. The van der Waals surface area contributed by atoms with E-state index in [0.717, 1.165) is 0 Å². The lowest BCUT2D eigenvalue weighted by atomic mass is 10.2. The highest BCUT2D eigenvalue weighted by atomic mass is 16.4. The summed E-state index contributed by atoms with van der Waals surface area (Å²) in [5.41, 5.74) is 2.28. The van der Waals surface area contributed by atoms with Gasteiger partial charge in [0, 0.05) is 19.7 Å². The zero-order valence-corrected chi connectivity index (χ0v) is 7.13. The molecule has 0 saturated heterocycles. The van der Waals surface area contributed by atoms with Crippen LogP contribution in [0, 0.1) is 0 Å². The van der Waals surface area contributed by atoms with Crippen molar-refractivity contribution in [3.05, 3.63) is 12.2 Å². The van der Waals surface area contributed by atoms with Crippen molar-refractivity contribution in [2.24, 2.45) is 0 Å². The van der Waals surface area contributed by atoms with Gasteiger partial charge in [-0.25, -0.2) is 9.80 Å². The van der Waals surface area contributed by atoms with E-state index < -0.39 is 5.97 Å². The molecule has 0 heterocycles. The van der Waals surface area contributed by atoms with E-state index in [1.54, 1.807) is 14.1 Å². The number of carbonyl (C=O) groups excluding carboxylic acids is 1. The van der Waals surface area contributed by atoms with Gasteiger partial charge in [0.2, 0.25) is 5.91 Å². The molecule has 0 radical (unpaired) electrons. The Bertz CT molecular complexity index is 211. The minimum Gasteiger partial charge on any atom is -0.478 e. The van der Waals surface area contributed by atoms with E-state index in [-0.39, 0.29) is 17.9 Å². The summed E-state index contributed by atoms with van der Waals surface area (Å²) in [7, 11) is 3.28. The van der Waals surface area contributed by atoms with Gasteiger partial charge in [-0.3, -0.25) is 10.2 Å². The van der Waals surface area contributed by atoms with Crippen LogP contribution in [0.5, 0.6) is 0 Å². The first-order valence-corrected chi connectivity index (χ1v) is 3.31. The van der Waals surface area contributed by atoms with E-state index in [1.807, 2.05) is 0 Å². The molecule has 5 nitrogen and oxygen atoms in total. The molecule has 2 N–H and O–H groups in total. The second-order valence-electron chi connectivity index (χ2n) is 2.51. The van der Waals surface area contributed by atoms with Gasteiger partial charge in [-0.2, -0.15) is 0 Å². The zero-order chi connectivity index (χ0) is 9.72. The second kappa shape index (κ2) is 4.50. The molecule has 12 heavy (non-hydrogen) atoms. The molecule has 0 spiro atoms. The average molecular weight is 172 g/mol. The summed E-state index contributed by atoms with van der Waals surface area (Å²) in [6.45, 7) is 3.22. The molecule has 0 aliphatic carbocycles. The van der Waals surface area contributed by atoms with Gasteiger partial charge in [-0.05, 0) is 0 Å². The van der Waals surface area contributed by atoms with Gasteiger partial charge < -0.3 is 5.11 Å². The number of aliphatic carboxylic acids is 1. The third-order valence-corrected chi connectivity index (χ3v) is 1.02. The second-order valence-corrected chi connectivity index (χ2v) is 2.51. The Balaban J connectivity index is 3.85. The maximum atomic E-state index is 10.9. The standard InChI is InChI=1S/C7H12N2O3/c1-5(7(11)12)4-6(10)8-9(2)3/h1,4H2,2-3H3,(H,8,10)(H,11,12). The van der Waals surface area contributed by atoms with Crippen molar-refractivity contribution < 1.29 is 14.7 Å². The van der Waals surface area contributed by atoms with Crippen LogP contribution in [0.25, 0.3) is 0 Å². The molecule has 0 aromatic heterocycles. The van der Waals surface area contributed by atoms with Crippen LogP contribution in [0.4, 0.5) is 0 Å². The van der Waals surface area contributed by atoms with Crippen molar-refractivity contribution in [1.82, 2.24) is 10.4 Å². The largest absolute Gasteiger partial charge is 0.478 e.